The molecule has 1 aromatic heterocycles. The molecule has 0 bridgehead atoms. The van der Waals surface area contributed by atoms with Crippen molar-refractivity contribution in [2.45, 2.75) is 26.2 Å². The summed E-state index contributed by atoms with van der Waals surface area (Å²) >= 11 is 0. The molecule has 3 rings (SSSR count). The van der Waals surface area contributed by atoms with Crippen molar-refractivity contribution < 1.29 is 19.4 Å². The zero-order valence-corrected chi connectivity index (χ0v) is 12.8. The fraction of sp³-hybridized carbons (Fsp3) is 0.667. The smallest absolute Gasteiger partial charge is 0.311 e. The van der Waals surface area contributed by atoms with Crippen LogP contribution < -0.4 is 0 Å². The molecule has 0 aliphatic carbocycles. The Hall–Kier alpha value is -1.89. The first-order valence-electron chi connectivity index (χ1n) is 7.60. The SMILES string of the molecule is CC(C)c1cc(C(=O)N2C[C@H]3COCC[C@@]3(C(=O)O)C2)n[nH]1. The number of nitrogens with zero attached hydrogens (tertiary/aromatic N) is 2. The van der Waals surface area contributed by atoms with Gasteiger partial charge in [-0.05, 0) is 18.4 Å². The Morgan fingerprint density at radius 3 is 2.91 bits per heavy atom. The second-order valence-corrected chi connectivity index (χ2v) is 6.53. The van der Waals surface area contributed by atoms with Gasteiger partial charge >= 0.3 is 5.97 Å². The number of aliphatic carboxylic acids is 1. The maximum Gasteiger partial charge on any atom is 0.311 e. The lowest BCUT2D eigenvalue weighted by atomic mass is 9.74. The average Bonchev–Trinajstić information content (AvgIpc) is 3.11. The fourth-order valence-corrected chi connectivity index (χ4v) is 3.36. The van der Waals surface area contributed by atoms with Gasteiger partial charge in [-0.3, -0.25) is 14.7 Å². The van der Waals surface area contributed by atoms with E-state index in [4.69, 9.17) is 4.74 Å². The van der Waals surface area contributed by atoms with Crippen molar-refractivity contribution in [1.82, 2.24) is 15.1 Å². The minimum absolute atomic E-state index is 0.147. The Balaban J connectivity index is 1.81. The molecular formula is C15H21N3O4. The molecular weight excluding hydrogens is 286 g/mol. The van der Waals surface area contributed by atoms with Crippen LogP contribution in [0.2, 0.25) is 0 Å². The van der Waals surface area contributed by atoms with Crippen LogP contribution in [0.4, 0.5) is 0 Å². The molecule has 2 aliphatic rings. The van der Waals surface area contributed by atoms with Gasteiger partial charge in [0.15, 0.2) is 0 Å². The average molecular weight is 307 g/mol. The molecule has 2 fully saturated rings. The second-order valence-electron chi connectivity index (χ2n) is 6.53. The lowest BCUT2D eigenvalue weighted by Crippen LogP contribution is -2.45. The number of fused-ring (bicyclic) bond motifs is 1. The first-order chi connectivity index (χ1) is 10.4. The van der Waals surface area contributed by atoms with Gasteiger partial charge in [-0.25, -0.2) is 0 Å². The molecule has 1 amide bonds. The Morgan fingerprint density at radius 1 is 1.55 bits per heavy atom. The summed E-state index contributed by atoms with van der Waals surface area (Å²) in [5, 5.41) is 16.6. The number of amides is 1. The molecule has 7 heteroatoms. The van der Waals surface area contributed by atoms with E-state index in [-0.39, 0.29) is 24.3 Å². The highest BCUT2D eigenvalue weighted by molar-refractivity contribution is 5.93. The Morgan fingerprint density at radius 2 is 2.32 bits per heavy atom. The summed E-state index contributed by atoms with van der Waals surface area (Å²) in [5.74, 6) is -0.931. The molecule has 120 valence electrons. The van der Waals surface area contributed by atoms with Crippen LogP contribution in [0.15, 0.2) is 6.07 Å². The highest BCUT2D eigenvalue weighted by atomic mass is 16.5. The van der Waals surface area contributed by atoms with Crippen molar-refractivity contribution >= 4 is 11.9 Å². The summed E-state index contributed by atoms with van der Waals surface area (Å²) in [6, 6.07) is 1.75. The summed E-state index contributed by atoms with van der Waals surface area (Å²) in [7, 11) is 0. The number of hydrogen-bond donors (Lipinski definition) is 2. The number of hydrogen-bond acceptors (Lipinski definition) is 4. The summed E-state index contributed by atoms with van der Waals surface area (Å²) in [4.78, 5) is 25.9. The molecule has 1 aromatic rings. The fourth-order valence-electron chi connectivity index (χ4n) is 3.36. The molecule has 0 aromatic carbocycles. The van der Waals surface area contributed by atoms with Crippen LogP contribution in [-0.4, -0.2) is 58.4 Å². The van der Waals surface area contributed by atoms with E-state index in [0.717, 1.165) is 5.69 Å². The van der Waals surface area contributed by atoms with Crippen LogP contribution in [-0.2, 0) is 9.53 Å². The number of ether oxygens (including phenoxy) is 1. The Bertz CT molecular complexity index is 597. The van der Waals surface area contributed by atoms with Gasteiger partial charge in [-0.1, -0.05) is 13.8 Å². The lowest BCUT2D eigenvalue weighted by molar-refractivity contribution is -0.157. The monoisotopic (exact) mass is 307 g/mol. The van der Waals surface area contributed by atoms with Crippen LogP contribution in [0.1, 0.15) is 42.4 Å². The summed E-state index contributed by atoms with van der Waals surface area (Å²) in [6.45, 7) is 5.51. The number of aromatic nitrogens is 2. The zero-order valence-electron chi connectivity index (χ0n) is 12.8. The number of carbonyl (C=O) groups excluding carboxylic acids is 1. The lowest BCUT2D eigenvalue weighted by Gasteiger charge is -2.33. The molecule has 2 aliphatic heterocycles. The van der Waals surface area contributed by atoms with Crippen molar-refractivity contribution in [3.63, 3.8) is 0 Å². The highest BCUT2D eigenvalue weighted by Gasteiger charge is 2.55. The van der Waals surface area contributed by atoms with Gasteiger partial charge in [0.25, 0.3) is 5.91 Å². The topological polar surface area (TPSA) is 95.5 Å². The normalized spacial score (nSPS) is 28.0. The van der Waals surface area contributed by atoms with Gasteiger partial charge in [-0.15, -0.1) is 0 Å². The van der Waals surface area contributed by atoms with Crippen LogP contribution in [0.25, 0.3) is 0 Å². The first-order valence-corrected chi connectivity index (χ1v) is 7.60. The summed E-state index contributed by atoms with van der Waals surface area (Å²) < 4.78 is 5.40. The van der Waals surface area contributed by atoms with E-state index in [1.54, 1.807) is 11.0 Å². The van der Waals surface area contributed by atoms with Gasteiger partial charge in [0.1, 0.15) is 5.69 Å². The minimum atomic E-state index is -0.870. The quantitative estimate of drug-likeness (QED) is 0.871. The van der Waals surface area contributed by atoms with Crippen molar-refractivity contribution in [2.75, 3.05) is 26.3 Å². The predicted molar refractivity (Wildman–Crippen MR) is 77.6 cm³/mol. The molecule has 2 N–H and O–H groups in total. The van der Waals surface area contributed by atoms with Crippen molar-refractivity contribution in [1.29, 1.82) is 0 Å². The number of aromatic amines is 1. The molecule has 0 unspecified atom stereocenters. The Kier molecular flexibility index (Phi) is 3.68. The molecule has 2 atom stereocenters. The summed E-state index contributed by atoms with van der Waals surface area (Å²) in [6.07, 6.45) is 0.453. The number of carboxylic acids is 1. The molecule has 0 spiro atoms. The maximum atomic E-state index is 12.6. The van der Waals surface area contributed by atoms with E-state index in [1.165, 1.54) is 0 Å². The van der Waals surface area contributed by atoms with E-state index in [1.807, 2.05) is 13.8 Å². The minimum Gasteiger partial charge on any atom is -0.481 e. The molecule has 7 nitrogen and oxygen atoms in total. The van der Waals surface area contributed by atoms with Crippen molar-refractivity contribution in [3.05, 3.63) is 17.5 Å². The van der Waals surface area contributed by atoms with E-state index in [0.29, 0.717) is 31.9 Å². The molecule has 3 heterocycles. The zero-order chi connectivity index (χ0) is 15.9. The highest BCUT2D eigenvalue weighted by Crippen LogP contribution is 2.42. The van der Waals surface area contributed by atoms with Gasteiger partial charge < -0.3 is 14.7 Å². The number of nitrogens with one attached hydrogen (secondary N) is 1. The molecule has 2 saturated heterocycles. The molecule has 0 saturated carbocycles. The van der Waals surface area contributed by atoms with Gasteiger partial charge in [0.05, 0.1) is 12.0 Å². The summed E-state index contributed by atoms with van der Waals surface area (Å²) in [5.41, 5.74) is 0.380. The van der Waals surface area contributed by atoms with E-state index in [9.17, 15) is 14.7 Å². The van der Waals surface area contributed by atoms with Gasteiger partial charge in [0.2, 0.25) is 0 Å². The molecule has 22 heavy (non-hydrogen) atoms. The van der Waals surface area contributed by atoms with E-state index >= 15 is 0 Å². The third-order valence-electron chi connectivity index (χ3n) is 4.86. The first kappa shape index (κ1) is 15.0. The van der Waals surface area contributed by atoms with E-state index in [2.05, 4.69) is 10.2 Å². The number of carbonyl (C=O) groups is 2. The van der Waals surface area contributed by atoms with Crippen LogP contribution in [0, 0.1) is 11.3 Å². The largest absolute Gasteiger partial charge is 0.481 e. The standard InChI is InChI=1S/C15H21N3O4/c1-9(2)11-5-12(17-16-11)13(19)18-6-10-7-22-4-3-15(10,8-18)14(20)21/h5,9-10H,3-4,6-8H2,1-2H3,(H,16,17)(H,20,21)/t10-,15+/m0/s1. The Labute approximate surface area is 128 Å². The maximum absolute atomic E-state index is 12.6. The van der Waals surface area contributed by atoms with Gasteiger partial charge in [0, 0.05) is 31.3 Å². The third-order valence-corrected chi connectivity index (χ3v) is 4.86. The predicted octanol–water partition coefficient (Wildman–Crippen LogP) is 1.10. The third kappa shape index (κ3) is 2.29. The van der Waals surface area contributed by atoms with Gasteiger partial charge in [-0.2, -0.15) is 5.10 Å². The number of rotatable bonds is 3. The number of H-pyrrole nitrogens is 1. The van der Waals surface area contributed by atoms with Crippen molar-refractivity contribution in [3.8, 4) is 0 Å². The van der Waals surface area contributed by atoms with Crippen LogP contribution in [0.3, 0.4) is 0 Å². The number of likely N-dealkylation sites (tertiary alicyclic amines) is 1. The van der Waals surface area contributed by atoms with Crippen LogP contribution >= 0.6 is 0 Å². The second kappa shape index (κ2) is 5.39. The van der Waals surface area contributed by atoms with Crippen molar-refractivity contribution in [2.24, 2.45) is 11.3 Å². The number of carboxylic acid groups (broad SMARTS) is 1. The van der Waals surface area contributed by atoms with E-state index < -0.39 is 11.4 Å². The van der Waals surface area contributed by atoms with Crippen LogP contribution in [0.5, 0.6) is 0 Å². The molecule has 0 radical (unpaired) electrons.